The second kappa shape index (κ2) is 6.18. The number of aliphatic hydroxyl groups is 1. The molecule has 1 saturated carbocycles. The molecule has 1 unspecified atom stereocenters. The number of aromatic amines is 1. The molecule has 120 valence electrons. The standard InChI is InChI=1S/C18H22N4O/c23-17-9-13(11-22-7-6-19-12-22)8-16(17)21-10-15-3-1-2-14-4-5-20-18(14)15/h1-7,12-13,16-17,20-21,23H,8-11H2/t13?,16-,17-/m1/s1. The number of hydrogen-bond donors (Lipinski definition) is 3. The van der Waals surface area contributed by atoms with Crippen molar-refractivity contribution >= 4 is 10.9 Å². The number of benzene rings is 1. The Balaban J connectivity index is 1.38. The summed E-state index contributed by atoms with van der Waals surface area (Å²) in [6, 6.07) is 8.58. The Hall–Kier alpha value is -2.11. The first kappa shape index (κ1) is 14.5. The van der Waals surface area contributed by atoms with Crippen LogP contribution in [0.15, 0.2) is 49.2 Å². The lowest BCUT2D eigenvalue weighted by molar-refractivity contribution is 0.145. The van der Waals surface area contributed by atoms with Crippen LogP contribution in [-0.2, 0) is 13.1 Å². The zero-order valence-corrected chi connectivity index (χ0v) is 13.0. The van der Waals surface area contributed by atoms with Crippen LogP contribution in [0.1, 0.15) is 18.4 Å². The van der Waals surface area contributed by atoms with Gasteiger partial charge in [-0.3, -0.25) is 0 Å². The maximum atomic E-state index is 10.3. The van der Waals surface area contributed by atoms with Gasteiger partial charge in [-0.25, -0.2) is 4.98 Å². The van der Waals surface area contributed by atoms with E-state index in [2.05, 4.69) is 44.1 Å². The molecule has 2 heterocycles. The van der Waals surface area contributed by atoms with Crippen molar-refractivity contribution in [2.75, 3.05) is 0 Å². The van der Waals surface area contributed by atoms with Gasteiger partial charge in [-0.2, -0.15) is 0 Å². The number of nitrogens with one attached hydrogen (secondary N) is 2. The van der Waals surface area contributed by atoms with Crippen LogP contribution in [0.3, 0.4) is 0 Å². The van der Waals surface area contributed by atoms with E-state index in [0.717, 1.165) is 25.9 Å². The van der Waals surface area contributed by atoms with Gasteiger partial charge >= 0.3 is 0 Å². The highest BCUT2D eigenvalue weighted by Crippen LogP contribution is 2.28. The molecule has 0 amide bonds. The Morgan fingerprint density at radius 1 is 1.30 bits per heavy atom. The van der Waals surface area contributed by atoms with Crippen molar-refractivity contribution < 1.29 is 5.11 Å². The molecule has 1 aromatic carbocycles. The topological polar surface area (TPSA) is 65.9 Å². The fourth-order valence-corrected chi connectivity index (χ4v) is 3.72. The molecule has 3 N–H and O–H groups in total. The second-order valence-electron chi connectivity index (χ2n) is 6.51. The predicted octanol–water partition coefficient (Wildman–Crippen LogP) is 2.29. The van der Waals surface area contributed by atoms with E-state index in [4.69, 9.17) is 0 Å². The summed E-state index contributed by atoms with van der Waals surface area (Å²) < 4.78 is 2.10. The monoisotopic (exact) mass is 310 g/mol. The van der Waals surface area contributed by atoms with Crippen molar-refractivity contribution in [1.82, 2.24) is 19.9 Å². The number of H-pyrrole nitrogens is 1. The first-order valence-electron chi connectivity index (χ1n) is 8.22. The van der Waals surface area contributed by atoms with Gasteiger partial charge in [0.25, 0.3) is 0 Å². The Kier molecular flexibility index (Phi) is 3.89. The summed E-state index contributed by atoms with van der Waals surface area (Å²) in [5.41, 5.74) is 2.43. The smallest absolute Gasteiger partial charge is 0.0945 e. The fourth-order valence-electron chi connectivity index (χ4n) is 3.72. The highest BCUT2D eigenvalue weighted by Gasteiger charge is 2.32. The van der Waals surface area contributed by atoms with Gasteiger partial charge in [0.05, 0.1) is 12.4 Å². The third-order valence-corrected chi connectivity index (χ3v) is 4.88. The molecule has 23 heavy (non-hydrogen) atoms. The van der Waals surface area contributed by atoms with Crippen molar-refractivity contribution in [3.8, 4) is 0 Å². The van der Waals surface area contributed by atoms with Gasteiger partial charge in [0, 0.05) is 43.2 Å². The SMILES string of the molecule is O[C@@H]1CC(Cn2ccnc2)C[C@H]1NCc1cccc2cc[nH]c12. The third kappa shape index (κ3) is 3.02. The number of para-hydroxylation sites is 1. The lowest BCUT2D eigenvalue weighted by atomic mass is 10.1. The fraction of sp³-hybridized carbons (Fsp3) is 0.389. The minimum Gasteiger partial charge on any atom is -0.391 e. The number of hydrogen-bond acceptors (Lipinski definition) is 3. The molecule has 0 bridgehead atoms. The summed E-state index contributed by atoms with van der Waals surface area (Å²) in [7, 11) is 0. The van der Waals surface area contributed by atoms with Crippen LogP contribution < -0.4 is 5.32 Å². The van der Waals surface area contributed by atoms with Gasteiger partial charge in [0.1, 0.15) is 0 Å². The molecule has 3 aromatic rings. The summed E-state index contributed by atoms with van der Waals surface area (Å²) in [6.45, 7) is 1.71. The van der Waals surface area contributed by atoms with E-state index in [9.17, 15) is 5.11 Å². The Morgan fingerprint density at radius 2 is 2.26 bits per heavy atom. The van der Waals surface area contributed by atoms with Crippen LogP contribution in [0, 0.1) is 5.92 Å². The lowest BCUT2D eigenvalue weighted by Gasteiger charge is -2.17. The highest BCUT2D eigenvalue weighted by molar-refractivity contribution is 5.82. The zero-order chi connectivity index (χ0) is 15.6. The summed E-state index contributed by atoms with van der Waals surface area (Å²) in [4.78, 5) is 7.38. The molecule has 1 fully saturated rings. The highest BCUT2D eigenvalue weighted by atomic mass is 16.3. The lowest BCUT2D eigenvalue weighted by Crippen LogP contribution is -2.35. The van der Waals surface area contributed by atoms with Crippen LogP contribution in [0.2, 0.25) is 0 Å². The van der Waals surface area contributed by atoms with Gasteiger partial charge in [-0.15, -0.1) is 0 Å². The van der Waals surface area contributed by atoms with Crippen molar-refractivity contribution in [2.45, 2.75) is 38.1 Å². The molecule has 1 aliphatic rings. The van der Waals surface area contributed by atoms with Crippen LogP contribution in [0.5, 0.6) is 0 Å². The molecule has 3 atom stereocenters. The molecule has 2 aromatic heterocycles. The molecule has 5 heteroatoms. The normalized spacial score (nSPS) is 24.5. The van der Waals surface area contributed by atoms with Gasteiger partial charge in [0.2, 0.25) is 0 Å². The Morgan fingerprint density at radius 3 is 3.13 bits per heavy atom. The molecule has 4 rings (SSSR count). The largest absolute Gasteiger partial charge is 0.391 e. The molecular weight excluding hydrogens is 288 g/mol. The second-order valence-corrected chi connectivity index (χ2v) is 6.51. The number of aromatic nitrogens is 3. The van der Waals surface area contributed by atoms with E-state index in [-0.39, 0.29) is 12.1 Å². The van der Waals surface area contributed by atoms with Crippen molar-refractivity contribution in [3.63, 3.8) is 0 Å². The maximum Gasteiger partial charge on any atom is 0.0945 e. The number of rotatable bonds is 5. The van der Waals surface area contributed by atoms with Gasteiger partial charge in [0.15, 0.2) is 0 Å². The van der Waals surface area contributed by atoms with E-state index >= 15 is 0 Å². The van der Waals surface area contributed by atoms with Crippen molar-refractivity contribution in [1.29, 1.82) is 0 Å². The number of nitrogens with zero attached hydrogens (tertiary/aromatic N) is 2. The first-order valence-corrected chi connectivity index (χ1v) is 8.22. The van der Waals surface area contributed by atoms with Gasteiger partial charge in [-0.1, -0.05) is 18.2 Å². The summed E-state index contributed by atoms with van der Waals surface area (Å²) >= 11 is 0. The molecule has 1 aliphatic carbocycles. The van der Waals surface area contributed by atoms with Crippen molar-refractivity contribution in [3.05, 3.63) is 54.7 Å². The molecular formula is C18H22N4O. The minimum absolute atomic E-state index is 0.161. The van der Waals surface area contributed by atoms with Crippen LogP contribution >= 0.6 is 0 Å². The molecule has 0 spiro atoms. The van der Waals surface area contributed by atoms with Gasteiger partial charge < -0.3 is 20.0 Å². The average molecular weight is 310 g/mol. The number of imidazole rings is 1. The molecule has 0 aliphatic heterocycles. The van der Waals surface area contributed by atoms with Crippen LogP contribution in [0.4, 0.5) is 0 Å². The maximum absolute atomic E-state index is 10.3. The Bertz CT molecular complexity index is 764. The third-order valence-electron chi connectivity index (χ3n) is 4.88. The van der Waals surface area contributed by atoms with E-state index in [1.807, 2.05) is 18.7 Å². The minimum atomic E-state index is -0.272. The molecule has 0 radical (unpaired) electrons. The first-order chi connectivity index (χ1) is 11.3. The van der Waals surface area contributed by atoms with E-state index in [0.29, 0.717) is 5.92 Å². The van der Waals surface area contributed by atoms with Crippen LogP contribution in [0.25, 0.3) is 10.9 Å². The molecule has 5 nitrogen and oxygen atoms in total. The van der Waals surface area contributed by atoms with E-state index in [1.54, 1.807) is 6.20 Å². The summed E-state index contributed by atoms with van der Waals surface area (Å²) in [5, 5.41) is 15.1. The zero-order valence-electron chi connectivity index (χ0n) is 13.0. The Labute approximate surface area is 135 Å². The van der Waals surface area contributed by atoms with Crippen LogP contribution in [-0.4, -0.2) is 31.8 Å². The quantitative estimate of drug-likeness (QED) is 0.677. The van der Waals surface area contributed by atoms with E-state index in [1.165, 1.54) is 16.5 Å². The average Bonchev–Trinajstić information content (AvgIpc) is 3.27. The summed E-state index contributed by atoms with van der Waals surface area (Å²) in [5.74, 6) is 0.498. The summed E-state index contributed by atoms with van der Waals surface area (Å²) in [6.07, 6.45) is 9.19. The predicted molar refractivity (Wildman–Crippen MR) is 89.9 cm³/mol. The van der Waals surface area contributed by atoms with Crippen molar-refractivity contribution in [2.24, 2.45) is 5.92 Å². The van der Waals surface area contributed by atoms with Gasteiger partial charge in [-0.05, 0) is 35.8 Å². The number of aliphatic hydroxyl groups excluding tert-OH is 1. The number of fused-ring (bicyclic) bond motifs is 1. The molecule has 0 saturated heterocycles. The van der Waals surface area contributed by atoms with E-state index < -0.39 is 0 Å².